The first kappa shape index (κ1) is 12.2. The molecule has 1 rings (SSSR count). The fraction of sp³-hybridized carbons (Fsp3) is 0.364. The third-order valence-electron chi connectivity index (χ3n) is 2.14. The molecular formula is C11H13NO4. The largest absolute Gasteiger partial charge is 0.466 e. The molecule has 86 valence electrons. The number of hydrogen-bond acceptors (Lipinski definition) is 4. The van der Waals surface area contributed by atoms with E-state index in [1.165, 1.54) is 0 Å². The molecule has 0 N–H and O–H groups in total. The van der Waals surface area contributed by atoms with Crippen LogP contribution < -0.4 is 0 Å². The van der Waals surface area contributed by atoms with Gasteiger partial charge in [-0.05, 0) is 13.8 Å². The molecular weight excluding hydrogens is 210 g/mol. The van der Waals surface area contributed by atoms with Crippen LogP contribution in [0.4, 0.5) is 5.69 Å². The highest BCUT2D eigenvalue weighted by atomic mass is 16.6. The van der Waals surface area contributed by atoms with Crippen LogP contribution in [0.5, 0.6) is 0 Å². The lowest BCUT2D eigenvalue weighted by atomic mass is 10.1. The van der Waals surface area contributed by atoms with Crippen LogP contribution in [0.15, 0.2) is 18.2 Å². The fourth-order valence-electron chi connectivity index (χ4n) is 1.49. The summed E-state index contributed by atoms with van der Waals surface area (Å²) in [4.78, 5) is 21.6. The van der Waals surface area contributed by atoms with E-state index >= 15 is 0 Å². The molecule has 0 atom stereocenters. The van der Waals surface area contributed by atoms with Crippen LogP contribution in [-0.2, 0) is 16.0 Å². The molecule has 0 aliphatic heterocycles. The minimum Gasteiger partial charge on any atom is -0.466 e. The zero-order valence-electron chi connectivity index (χ0n) is 9.23. The molecule has 0 aromatic heterocycles. The van der Waals surface area contributed by atoms with Crippen molar-refractivity contribution in [3.8, 4) is 0 Å². The second-order valence-corrected chi connectivity index (χ2v) is 3.32. The number of benzene rings is 1. The molecule has 0 saturated carbocycles. The quantitative estimate of drug-likeness (QED) is 0.444. The van der Waals surface area contributed by atoms with Crippen LogP contribution in [0.1, 0.15) is 18.1 Å². The molecule has 5 nitrogen and oxygen atoms in total. The second kappa shape index (κ2) is 5.25. The van der Waals surface area contributed by atoms with Crippen molar-refractivity contribution in [3.63, 3.8) is 0 Å². The summed E-state index contributed by atoms with van der Waals surface area (Å²) in [6.07, 6.45) is -0.0637. The summed E-state index contributed by atoms with van der Waals surface area (Å²) in [7, 11) is 0. The van der Waals surface area contributed by atoms with Gasteiger partial charge in [-0.1, -0.05) is 18.2 Å². The molecule has 0 fully saturated rings. The van der Waals surface area contributed by atoms with Gasteiger partial charge in [0.25, 0.3) is 5.69 Å². The lowest BCUT2D eigenvalue weighted by molar-refractivity contribution is -0.386. The standard InChI is InChI=1S/C11H13NO4/c1-3-16-10(13)7-9-6-4-5-8(2)11(9)12(14)15/h4-6H,3,7H2,1-2H3. The number of rotatable bonds is 4. The number of nitro benzene ring substituents is 1. The smallest absolute Gasteiger partial charge is 0.310 e. The SMILES string of the molecule is CCOC(=O)Cc1cccc(C)c1[N+](=O)[O-]. The minimum atomic E-state index is -0.468. The number of aryl methyl sites for hydroxylation is 1. The van der Waals surface area contributed by atoms with Gasteiger partial charge in [0.1, 0.15) is 0 Å². The maximum absolute atomic E-state index is 11.3. The molecule has 0 spiro atoms. The van der Waals surface area contributed by atoms with Crippen molar-refractivity contribution < 1.29 is 14.5 Å². The highest BCUT2D eigenvalue weighted by Crippen LogP contribution is 2.23. The summed E-state index contributed by atoms with van der Waals surface area (Å²) in [5.41, 5.74) is 0.936. The highest BCUT2D eigenvalue weighted by molar-refractivity contribution is 5.74. The van der Waals surface area contributed by atoms with Crippen LogP contribution in [0.2, 0.25) is 0 Å². The van der Waals surface area contributed by atoms with Crippen molar-refractivity contribution in [2.45, 2.75) is 20.3 Å². The van der Waals surface area contributed by atoms with Gasteiger partial charge in [-0.2, -0.15) is 0 Å². The molecule has 0 saturated heterocycles. The minimum absolute atomic E-state index is 0.00412. The summed E-state index contributed by atoms with van der Waals surface area (Å²) in [5.74, 6) is -0.448. The van der Waals surface area contributed by atoms with Crippen LogP contribution in [0.25, 0.3) is 0 Å². The van der Waals surface area contributed by atoms with Crippen LogP contribution in [-0.4, -0.2) is 17.5 Å². The van der Waals surface area contributed by atoms with Crippen molar-refractivity contribution in [1.82, 2.24) is 0 Å². The monoisotopic (exact) mass is 223 g/mol. The highest BCUT2D eigenvalue weighted by Gasteiger charge is 2.19. The Hall–Kier alpha value is -1.91. The Morgan fingerprint density at radius 1 is 1.50 bits per heavy atom. The summed E-state index contributed by atoms with van der Waals surface area (Å²) < 4.78 is 4.76. The topological polar surface area (TPSA) is 69.4 Å². The Balaban J connectivity index is 3.00. The average molecular weight is 223 g/mol. The van der Waals surface area contributed by atoms with Gasteiger partial charge < -0.3 is 4.74 Å². The van der Waals surface area contributed by atoms with E-state index in [1.807, 2.05) is 0 Å². The number of para-hydroxylation sites is 1. The van der Waals surface area contributed by atoms with E-state index in [0.29, 0.717) is 11.1 Å². The first-order valence-electron chi connectivity index (χ1n) is 4.94. The number of carbonyl (C=O) groups is 1. The number of carbonyl (C=O) groups excluding carboxylic acids is 1. The van der Waals surface area contributed by atoms with Gasteiger partial charge in [-0.3, -0.25) is 14.9 Å². The van der Waals surface area contributed by atoms with E-state index in [9.17, 15) is 14.9 Å². The molecule has 1 aromatic rings. The van der Waals surface area contributed by atoms with E-state index in [0.717, 1.165) is 0 Å². The molecule has 0 heterocycles. The Morgan fingerprint density at radius 3 is 2.75 bits per heavy atom. The van der Waals surface area contributed by atoms with Gasteiger partial charge in [0, 0.05) is 11.1 Å². The first-order chi connectivity index (χ1) is 7.56. The lowest BCUT2D eigenvalue weighted by Crippen LogP contribution is -2.09. The Bertz CT molecular complexity index is 414. The van der Waals surface area contributed by atoms with E-state index in [1.54, 1.807) is 32.0 Å². The van der Waals surface area contributed by atoms with Gasteiger partial charge >= 0.3 is 5.97 Å². The van der Waals surface area contributed by atoms with Crippen LogP contribution in [0, 0.1) is 17.0 Å². The van der Waals surface area contributed by atoms with E-state index < -0.39 is 10.9 Å². The Labute approximate surface area is 93.2 Å². The van der Waals surface area contributed by atoms with E-state index in [-0.39, 0.29) is 18.7 Å². The van der Waals surface area contributed by atoms with Crippen molar-refractivity contribution in [2.24, 2.45) is 0 Å². The first-order valence-corrected chi connectivity index (χ1v) is 4.94. The maximum Gasteiger partial charge on any atom is 0.310 e. The molecule has 0 bridgehead atoms. The zero-order chi connectivity index (χ0) is 12.1. The predicted octanol–water partition coefficient (Wildman–Crippen LogP) is 2.01. The molecule has 16 heavy (non-hydrogen) atoms. The normalized spacial score (nSPS) is 9.88. The molecule has 1 aromatic carbocycles. The summed E-state index contributed by atoms with van der Waals surface area (Å²) >= 11 is 0. The Kier molecular flexibility index (Phi) is 3.99. The maximum atomic E-state index is 11.3. The van der Waals surface area contributed by atoms with Crippen molar-refractivity contribution in [3.05, 3.63) is 39.4 Å². The van der Waals surface area contributed by atoms with Crippen molar-refractivity contribution in [2.75, 3.05) is 6.61 Å². The second-order valence-electron chi connectivity index (χ2n) is 3.32. The number of esters is 1. The molecule has 0 aliphatic carbocycles. The van der Waals surface area contributed by atoms with Crippen LogP contribution in [0.3, 0.4) is 0 Å². The zero-order valence-corrected chi connectivity index (χ0v) is 9.23. The summed E-state index contributed by atoms with van der Waals surface area (Å²) in [5, 5.41) is 10.8. The third-order valence-corrected chi connectivity index (χ3v) is 2.14. The summed E-state index contributed by atoms with van der Waals surface area (Å²) in [6, 6.07) is 4.91. The third kappa shape index (κ3) is 2.79. The van der Waals surface area contributed by atoms with E-state index in [2.05, 4.69) is 0 Å². The molecule has 5 heteroatoms. The Morgan fingerprint density at radius 2 is 2.19 bits per heavy atom. The van der Waals surface area contributed by atoms with Gasteiger partial charge in [-0.25, -0.2) is 0 Å². The van der Waals surface area contributed by atoms with Gasteiger partial charge in [0.15, 0.2) is 0 Å². The number of hydrogen-bond donors (Lipinski definition) is 0. The average Bonchev–Trinajstić information content (AvgIpc) is 2.17. The number of nitro groups is 1. The van der Waals surface area contributed by atoms with Crippen molar-refractivity contribution in [1.29, 1.82) is 0 Å². The molecule has 0 unspecified atom stereocenters. The lowest BCUT2D eigenvalue weighted by Gasteiger charge is -2.04. The number of ether oxygens (including phenoxy) is 1. The van der Waals surface area contributed by atoms with E-state index in [4.69, 9.17) is 4.74 Å². The molecule has 0 radical (unpaired) electrons. The van der Waals surface area contributed by atoms with Gasteiger partial charge in [0.2, 0.25) is 0 Å². The fourth-order valence-corrected chi connectivity index (χ4v) is 1.49. The number of nitrogens with zero attached hydrogens (tertiary/aromatic N) is 1. The summed E-state index contributed by atoms with van der Waals surface area (Å²) in [6.45, 7) is 3.62. The van der Waals surface area contributed by atoms with Gasteiger partial charge in [0.05, 0.1) is 18.0 Å². The van der Waals surface area contributed by atoms with Crippen molar-refractivity contribution >= 4 is 11.7 Å². The predicted molar refractivity (Wildman–Crippen MR) is 58.2 cm³/mol. The molecule has 0 aliphatic rings. The van der Waals surface area contributed by atoms with Gasteiger partial charge in [-0.15, -0.1) is 0 Å². The molecule has 0 amide bonds. The van der Waals surface area contributed by atoms with Crippen LogP contribution >= 0.6 is 0 Å².